The molecule has 0 aliphatic carbocycles. The molecule has 2 N–H and O–H groups in total. The first kappa shape index (κ1) is 8.04. The Balaban J connectivity index is 2.94. The molecule has 68 valence electrons. The van der Waals surface area contributed by atoms with Crippen molar-refractivity contribution in [3.63, 3.8) is 0 Å². The fourth-order valence-electron chi connectivity index (χ4n) is 1.60. The lowest BCUT2D eigenvalue weighted by Crippen LogP contribution is -1.99. The Kier molecular flexibility index (Phi) is 1.52. The topological polar surface area (TPSA) is 56.7 Å². The second-order valence-corrected chi connectivity index (χ2v) is 3.25. The largest absolute Gasteiger partial charge is 0.368 e. The molecule has 0 spiro atoms. The maximum Gasteiger partial charge on any atom is 0.220 e. The molecule has 0 aromatic carbocycles. The highest BCUT2D eigenvalue weighted by Crippen LogP contribution is 2.19. The minimum absolute atomic E-state index is 0.343. The number of nitrogens with two attached hydrogens (primary N) is 1. The molecule has 2 rings (SSSR count). The first-order chi connectivity index (χ1) is 6.09. The molecule has 4 nitrogen and oxygen atoms in total. The Labute approximate surface area is 76.4 Å². The maximum atomic E-state index is 5.55. The molecule has 2 aromatic heterocycles. The molecule has 4 heteroatoms. The Morgan fingerprint density at radius 1 is 1.31 bits per heavy atom. The summed E-state index contributed by atoms with van der Waals surface area (Å²) in [7, 11) is 2.00. The van der Waals surface area contributed by atoms with Gasteiger partial charge in [-0.3, -0.25) is 0 Å². The van der Waals surface area contributed by atoms with E-state index in [1.807, 2.05) is 27.0 Å². The molecular formula is C9H12N4. The van der Waals surface area contributed by atoms with Crippen LogP contribution in [0.5, 0.6) is 0 Å². The summed E-state index contributed by atoms with van der Waals surface area (Å²) in [6.07, 6.45) is 0. The normalized spacial score (nSPS) is 11.0. The lowest BCUT2D eigenvalue weighted by Gasteiger charge is -2.01. The Morgan fingerprint density at radius 3 is 2.69 bits per heavy atom. The van der Waals surface area contributed by atoms with Crippen LogP contribution < -0.4 is 5.73 Å². The second-order valence-electron chi connectivity index (χ2n) is 3.25. The van der Waals surface area contributed by atoms with E-state index >= 15 is 0 Å². The van der Waals surface area contributed by atoms with Crippen LogP contribution in [0.3, 0.4) is 0 Å². The first-order valence-electron chi connectivity index (χ1n) is 4.15. The van der Waals surface area contributed by atoms with Crippen LogP contribution in [0.25, 0.3) is 11.0 Å². The number of rotatable bonds is 0. The quantitative estimate of drug-likeness (QED) is 0.655. The Bertz CT molecular complexity index is 470. The fraction of sp³-hybridized carbons (Fsp3) is 0.333. The second kappa shape index (κ2) is 2.45. The molecule has 0 amide bonds. The van der Waals surface area contributed by atoms with Crippen molar-refractivity contribution in [2.24, 2.45) is 7.05 Å². The highest BCUT2D eigenvalue weighted by Gasteiger charge is 2.07. The minimum atomic E-state index is 0.343. The van der Waals surface area contributed by atoms with Crippen LogP contribution in [-0.2, 0) is 7.05 Å². The molecule has 13 heavy (non-hydrogen) atoms. The fourth-order valence-corrected chi connectivity index (χ4v) is 1.60. The lowest BCUT2D eigenvalue weighted by molar-refractivity contribution is 0.908. The van der Waals surface area contributed by atoms with Gasteiger partial charge < -0.3 is 10.3 Å². The number of aryl methyl sites for hydroxylation is 3. The van der Waals surface area contributed by atoms with Crippen molar-refractivity contribution in [2.45, 2.75) is 13.8 Å². The molecule has 0 aliphatic heterocycles. The summed E-state index contributed by atoms with van der Waals surface area (Å²) in [4.78, 5) is 8.29. The molecule has 0 radical (unpaired) electrons. The highest BCUT2D eigenvalue weighted by atomic mass is 15.1. The summed E-state index contributed by atoms with van der Waals surface area (Å²) in [6, 6.07) is 2.01. The SMILES string of the molecule is Cc1nc(N)nc2cc(C)n(C)c12. The van der Waals surface area contributed by atoms with E-state index in [2.05, 4.69) is 14.5 Å². The summed E-state index contributed by atoms with van der Waals surface area (Å²) < 4.78 is 2.07. The van der Waals surface area contributed by atoms with Gasteiger partial charge in [-0.05, 0) is 19.9 Å². The van der Waals surface area contributed by atoms with Gasteiger partial charge in [0.15, 0.2) is 0 Å². The molecule has 0 aliphatic rings. The van der Waals surface area contributed by atoms with E-state index in [0.29, 0.717) is 5.95 Å². The zero-order chi connectivity index (χ0) is 9.59. The van der Waals surface area contributed by atoms with Gasteiger partial charge >= 0.3 is 0 Å². The summed E-state index contributed by atoms with van der Waals surface area (Å²) in [5.74, 6) is 0.343. The van der Waals surface area contributed by atoms with Crippen molar-refractivity contribution in [2.75, 3.05) is 5.73 Å². The van der Waals surface area contributed by atoms with Gasteiger partial charge in [-0.1, -0.05) is 0 Å². The van der Waals surface area contributed by atoms with Crippen molar-refractivity contribution in [3.8, 4) is 0 Å². The number of aromatic nitrogens is 3. The average Bonchev–Trinajstić information content (AvgIpc) is 2.27. The summed E-state index contributed by atoms with van der Waals surface area (Å²) in [5, 5.41) is 0. The van der Waals surface area contributed by atoms with Gasteiger partial charge in [-0.25, -0.2) is 9.97 Å². The van der Waals surface area contributed by atoms with Gasteiger partial charge in [0.2, 0.25) is 5.95 Å². The third-order valence-electron chi connectivity index (χ3n) is 2.31. The third kappa shape index (κ3) is 1.06. The Morgan fingerprint density at radius 2 is 2.00 bits per heavy atom. The van der Waals surface area contributed by atoms with Gasteiger partial charge in [0.25, 0.3) is 0 Å². The third-order valence-corrected chi connectivity index (χ3v) is 2.31. The number of hydrogen-bond donors (Lipinski definition) is 1. The summed E-state index contributed by atoms with van der Waals surface area (Å²) in [6.45, 7) is 3.98. The molecular weight excluding hydrogens is 164 g/mol. The highest BCUT2D eigenvalue weighted by molar-refractivity contribution is 5.80. The predicted molar refractivity (Wildman–Crippen MR) is 52.4 cm³/mol. The van der Waals surface area contributed by atoms with E-state index in [-0.39, 0.29) is 0 Å². The van der Waals surface area contributed by atoms with Crippen LogP contribution in [-0.4, -0.2) is 14.5 Å². The van der Waals surface area contributed by atoms with Gasteiger partial charge in [0.1, 0.15) is 0 Å². The number of anilines is 1. The first-order valence-corrected chi connectivity index (χ1v) is 4.15. The molecule has 0 saturated carbocycles. The van der Waals surface area contributed by atoms with Gasteiger partial charge in [-0.2, -0.15) is 0 Å². The molecule has 0 saturated heterocycles. The van der Waals surface area contributed by atoms with Crippen molar-refractivity contribution in [1.82, 2.24) is 14.5 Å². The summed E-state index contributed by atoms with van der Waals surface area (Å²) in [5.41, 5.74) is 9.63. The molecule has 0 fully saturated rings. The van der Waals surface area contributed by atoms with Crippen LogP contribution in [0, 0.1) is 13.8 Å². The molecule has 0 atom stereocenters. The van der Waals surface area contributed by atoms with E-state index in [9.17, 15) is 0 Å². The summed E-state index contributed by atoms with van der Waals surface area (Å²) >= 11 is 0. The van der Waals surface area contributed by atoms with Crippen molar-refractivity contribution < 1.29 is 0 Å². The molecule has 0 bridgehead atoms. The molecule has 0 unspecified atom stereocenters. The maximum absolute atomic E-state index is 5.55. The van der Waals surface area contributed by atoms with Crippen LogP contribution in [0.1, 0.15) is 11.4 Å². The zero-order valence-electron chi connectivity index (χ0n) is 8.00. The van der Waals surface area contributed by atoms with Crippen LogP contribution in [0.4, 0.5) is 5.95 Å². The van der Waals surface area contributed by atoms with E-state index in [1.54, 1.807) is 0 Å². The standard InChI is InChI=1S/C9H12N4/c1-5-4-7-8(13(5)3)6(2)11-9(10)12-7/h4H,1-3H3,(H2,10,11,12). The number of fused-ring (bicyclic) bond motifs is 1. The van der Waals surface area contributed by atoms with Crippen molar-refractivity contribution >= 4 is 17.0 Å². The van der Waals surface area contributed by atoms with Gasteiger partial charge in [-0.15, -0.1) is 0 Å². The van der Waals surface area contributed by atoms with E-state index in [1.165, 1.54) is 0 Å². The van der Waals surface area contributed by atoms with Crippen LogP contribution in [0.15, 0.2) is 6.07 Å². The molecule has 2 heterocycles. The minimum Gasteiger partial charge on any atom is -0.368 e. The molecule has 2 aromatic rings. The zero-order valence-corrected chi connectivity index (χ0v) is 8.00. The van der Waals surface area contributed by atoms with E-state index in [4.69, 9.17) is 5.73 Å². The van der Waals surface area contributed by atoms with Crippen LogP contribution in [0.2, 0.25) is 0 Å². The smallest absolute Gasteiger partial charge is 0.220 e. The van der Waals surface area contributed by atoms with Crippen molar-refractivity contribution in [1.29, 1.82) is 0 Å². The Hall–Kier alpha value is -1.58. The van der Waals surface area contributed by atoms with Crippen molar-refractivity contribution in [3.05, 3.63) is 17.5 Å². The number of nitrogen functional groups attached to an aromatic ring is 1. The predicted octanol–water partition coefficient (Wildman–Crippen LogP) is 1.17. The van der Waals surface area contributed by atoms with E-state index in [0.717, 1.165) is 22.4 Å². The van der Waals surface area contributed by atoms with Gasteiger partial charge in [0, 0.05) is 12.7 Å². The average molecular weight is 176 g/mol. The lowest BCUT2D eigenvalue weighted by atomic mass is 10.3. The number of hydrogen-bond acceptors (Lipinski definition) is 3. The van der Waals surface area contributed by atoms with Crippen LogP contribution >= 0.6 is 0 Å². The van der Waals surface area contributed by atoms with E-state index < -0.39 is 0 Å². The van der Waals surface area contributed by atoms with Gasteiger partial charge in [0.05, 0.1) is 16.7 Å². The number of nitrogens with zero attached hydrogens (tertiary/aromatic N) is 3. The monoisotopic (exact) mass is 176 g/mol.